The molecule has 108 valence electrons. The first kappa shape index (κ1) is 14.1. The van der Waals surface area contributed by atoms with Crippen LogP contribution in [0.15, 0.2) is 0 Å². The fourth-order valence-electron chi connectivity index (χ4n) is 2.80. The summed E-state index contributed by atoms with van der Waals surface area (Å²) in [5.41, 5.74) is 0. The number of hydrogen-bond acceptors (Lipinski definition) is 3. The standard InChI is InChI=1S/C13H22N2O4/c16-12(17)8-11-9-19-7-6-15(11)13(18)14-10-4-2-1-3-5-10/h10-11H,1-9H2,(H,14,18)(H,16,17). The SMILES string of the molecule is O=C(O)CC1COCCN1C(=O)NC1CCCCC1. The molecule has 1 heterocycles. The van der Waals surface area contributed by atoms with Gasteiger partial charge in [0.2, 0.25) is 0 Å². The molecule has 1 saturated carbocycles. The molecule has 1 saturated heterocycles. The number of morpholine rings is 1. The van der Waals surface area contributed by atoms with E-state index in [9.17, 15) is 9.59 Å². The Morgan fingerprint density at radius 3 is 2.68 bits per heavy atom. The van der Waals surface area contributed by atoms with E-state index in [0.717, 1.165) is 25.7 Å². The van der Waals surface area contributed by atoms with Gasteiger partial charge >= 0.3 is 12.0 Å². The number of nitrogens with one attached hydrogen (secondary N) is 1. The maximum atomic E-state index is 12.2. The highest BCUT2D eigenvalue weighted by atomic mass is 16.5. The van der Waals surface area contributed by atoms with Gasteiger partial charge in [0.1, 0.15) is 0 Å². The van der Waals surface area contributed by atoms with Gasteiger partial charge in [-0.25, -0.2) is 4.79 Å². The predicted molar refractivity (Wildman–Crippen MR) is 69.0 cm³/mol. The molecule has 2 fully saturated rings. The molecule has 6 heteroatoms. The normalized spacial score (nSPS) is 25.1. The van der Waals surface area contributed by atoms with E-state index in [1.165, 1.54) is 6.42 Å². The molecule has 0 radical (unpaired) electrons. The van der Waals surface area contributed by atoms with Crippen LogP contribution in [0.3, 0.4) is 0 Å². The minimum Gasteiger partial charge on any atom is -0.481 e. The van der Waals surface area contributed by atoms with Crippen LogP contribution in [0.1, 0.15) is 38.5 Å². The van der Waals surface area contributed by atoms with Crippen molar-refractivity contribution in [3.63, 3.8) is 0 Å². The fraction of sp³-hybridized carbons (Fsp3) is 0.846. The number of hydrogen-bond donors (Lipinski definition) is 2. The highest BCUT2D eigenvalue weighted by molar-refractivity contribution is 5.76. The molecule has 1 unspecified atom stereocenters. The summed E-state index contributed by atoms with van der Waals surface area (Å²) in [5.74, 6) is -0.897. The lowest BCUT2D eigenvalue weighted by atomic mass is 9.96. The lowest BCUT2D eigenvalue weighted by Gasteiger charge is -2.36. The average Bonchev–Trinajstić information content (AvgIpc) is 2.39. The highest BCUT2D eigenvalue weighted by Crippen LogP contribution is 2.18. The Morgan fingerprint density at radius 1 is 1.26 bits per heavy atom. The topological polar surface area (TPSA) is 78.9 Å². The number of nitrogens with zero attached hydrogens (tertiary/aromatic N) is 1. The number of amides is 2. The van der Waals surface area contributed by atoms with Gasteiger partial charge in [-0.1, -0.05) is 19.3 Å². The maximum absolute atomic E-state index is 12.2. The van der Waals surface area contributed by atoms with Crippen molar-refractivity contribution in [1.29, 1.82) is 0 Å². The first-order valence-corrected chi connectivity index (χ1v) is 7.03. The van der Waals surface area contributed by atoms with Crippen LogP contribution in [0.5, 0.6) is 0 Å². The van der Waals surface area contributed by atoms with Crippen molar-refractivity contribution in [1.82, 2.24) is 10.2 Å². The molecule has 0 spiro atoms. The van der Waals surface area contributed by atoms with E-state index in [4.69, 9.17) is 9.84 Å². The molecule has 0 aromatic carbocycles. The molecule has 2 aliphatic rings. The monoisotopic (exact) mass is 270 g/mol. The highest BCUT2D eigenvalue weighted by Gasteiger charge is 2.30. The van der Waals surface area contributed by atoms with Crippen molar-refractivity contribution in [2.24, 2.45) is 0 Å². The Kier molecular flexibility index (Phi) is 5.01. The molecule has 2 N–H and O–H groups in total. The van der Waals surface area contributed by atoms with Gasteiger partial charge in [-0.05, 0) is 12.8 Å². The number of rotatable bonds is 3. The number of aliphatic carboxylic acids is 1. The van der Waals surface area contributed by atoms with Crippen molar-refractivity contribution >= 4 is 12.0 Å². The van der Waals surface area contributed by atoms with Crippen LogP contribution in [-0.4, -0.2) is 53.8 Å². The molecule has 0 bridgehead atoms. The number of ether oxygens (including phenoxy) is 1. The summed E-state index contributed by atoms with van der Waals surface area (Å²) in [7, 11) is 0. The van der Waals surface area contributed by atoms with E-state index in [1.807, 2.05) is 0 Å². The molecule has 2 amide bonds. The van der Waals surface area contributed by atoms with Gasteiger partial charge in [0.05, 0.1) is 25.7 Å². The second kappa shape index (κ2) is 6.75. The van der Waals surface area contributed by atoms with Crippen LogP contribution in [-0.2, 0) is 9.53 Å². The van der Waals surface area contributed by atoms with Gasteiger partial charge in [0.15, 0.2) is 0 Å². The first-order chi connectivity index (χ1) is 9.16. The third-order valence-electron chi connectivity index (χ3n) is 3.83. The molecule has 1 aliphatic carbocycles. The van der Waals surface area contributed by atoms with Crippen LogP contribution in [0, 0.1) is 0 Å². The molecular weight excluding hydrogens is 248 g/mol. The molecule has 1 atom stereocenters. The Morgan fingerprint density at radius 2 is 2.00 bits per heavy atom. The van der Waals surface area contributed by atoms with Crippen molar-refractivity contribution in [3.05, 3.63) is 0 Å². The Hall–Kier alpha value is -1.30. The van der Waals surface area contributed by atoms with Gasteiger partial charge in [-0.15, -0.1) is 0 Å². The van der Waals surface area contributed by atoms with Crippen molar-refractivity contribution in [3.8, 4) is 0 Å². The molecule has 0 aromatic rings. The number of carboxylic acid groups (broad SMARTS) is 1. The van der Waals surface area contributed by atoms with Crippen molar-refractivity contribution < 1.29 is 19.4 Å². The number of carbonyl (C=O) groups is 2. The molecule has 0 aromatic heterocycles. The first-order valence-electron chi connectivity index (χ1n) is 7.03. The maximum Gasteiger partial charge on any atom is 0.318 e. The minimum absolute atomic E-state index is 0.0575. The Balaban J connectivity index is 1.88. The minimum atomic E-state index is -0.897. The number of carboxylic acids is 1. The zero-order valence-corrected chi connectivity index (χ0v) is 11.1. The molecule has 1 aliphatic heterocycles. The molecule has 19 heavy (non-hydrogen) atoms. The zero-order chi connectivity index (χ0) is 13.7. The van der Waals surface area contributed by atoms with Gasteiger partial charge in [-0.3, -0.25) is 4.79 Å². The molecule has 2 rings (SSSR count). The van der Waals surface area contributed by atoms with Crippen LogP contribution in [0.2, 0.25) is 0 Å². The van der Waals surface area contributed by atoms with E-state index in [0.29, 0.717) is 19.8 Å². The fourth-order valence-corrected chi connectivity index (χ4v) is 2.80. The smallest absolute Gasteiger partial charge is 0.318 e. The zero-order valence-electron chi connectivity index (χ0n) is 11.1. The number of carbonyl (C=O) groups excluding carboxylic acids is 1. The van der Waals surface area contributed by atoms with Crippen LogP contribution >= 0.6 is 0 Å². The largest absolute Gasteiger partial charge is 0.481 e. The van der Waals surface area contributed by atoms with Crippen molar-refractivity contribution in [2.45, 2.75) is 50.6 Å². The summed E-state index contributed by atoms with van der Waals surface area (Å²) in [6, 6.07) is -0.245. The van der Waals surface area contributed by atoms with Crippen molar-refractivity contribution in [2.75, 3.05) is 19.8 Å². The summed E-state index contributed by atoms with van der Waals surface area (Å²) in [6.07, 6.45) is 5.56. The van der Waals surface area contributed by atoms with Crippen LogP contribution in [0.25, 0.3) is 0 Å². The Labute approximate surface area is 113 Å². The van der Waals surface area contributed by atoms with E-state index in [2.05, 4.69) is 5.32 Å². The summed E-state index contributed by atoms with van der Waals surface area (Å²) in [5, 5.41) is 11.9. The number of urea groups is 1. The quantitative estimate of drug-likeness (QED) is 0.807. The lowest BCUT2D eigenvalue weighted by Crippen LogP contribution is -2.55. The molecular formula is C13H22N2O4. The Bertz CT molecular complexity index is 329. The second-order valence-corrected chi connectivity index (χ2v) is 5.30. The van der Waals surface area contributed by atoms with E-state index >= 15 is 0 Å². The summed E-state index contributed by atoms with van der Waals surface area (Å²) < 4.78 is 5.27. The summed E-state index contributed by atoms with van der Waals surface area (Å²) >= 11 is 0. The van der Waals surface area contributed by atoms with Gasteiger partial charge in [0.25, 0.3) is 0 Å². The lowest BCUT2D eigenvalue weighted by molar-refractivity contribution is -0.139. The van der Waals surface area contributed by atoms with Gasteiger partial charge in [-0.2, -0.15) is 0 Å². The van der Waals surface area contributed by atoms with Gasteiger partial charge < -0.3 is 20.1 Å². The van der Waals surface area contributed by atoms with Gasteiger partial charge in [0, 0.05) is 12.6 Å². The summed E-state index contributed by atoms with van der Waals surface area (Å²) in [4.78, 5) is 24.7. The van der Waals surface area contributed by atoms with Crippen LogP contribution in [0.4, 0.5) is 4.79 Å². The summed E-state index contributed by atoms with van der Waals surface area (Å²) in [6.45, 7) is 1.26. The predicted octanol–water partition coefficient (Wildman–Crippen LogP) is 1.20. The molecule has 6 nitrogen and oxygen atoms in total. The third kappa shape index (κ3) is 4.09. The third-order valence-corrected chi connectivity index (χ3v) is 3.83. The van der Waals surface area contributed by atoms with E-state index in [-0.39, 0.29) is 24.5 Å². The average molecular weight is 270 g/mol. The van der Waals surface area contributed by atoms with E-state index < -0.39 is 5.97 Å². The second-order valence-electron chi connectivity index (χ2n) is 5.30. The van der Waals surface area contributed by atoms with E-state index in [1.54, 1.807) is 4.90 Å². The van der Waals surface area contributed by atoms with Crippen LogP contribution < -0.4 is 5.32 Å².